The summed E-state index contributed by atoms with van der Waals surface area (Å²) in [5, 5.41) is 3.99. The molecular formula is C27H36Cl2N4O2. The van der Waals surface area contributed by atoms with Crippen LogP contribution in [0.3, 0.4) is 0 Å². The number of pyridine rings is 1. The molecule has 35 heavy (non-hydrogen) atoms. The third-order valence-corrected chi connectivity index (χ3v) is 8.31. The zero-order valence-electron chi connectivity index (χ0n) is 21.2. The lowest BCUT2D eigenvalue weighted by Crippen LogP contribution is -2.42. The van der Waals surface area contributed by atoms with E-state index in [9.17, 15) is 9.59 Å². The van der Waals surface area contributed by atoms with Crippen LogP contribution in [0.1, 0.15) is 66.2 Å². The van der Waals surface area contributed by atoms with Crippen molar-refractivity contribution in [2.45, 2.75) is 77.5 Å². The van der Waals surface area contributed by atoms with E-state index in [2.05, 4.69) is 36.1 Å². The van der Waals surface area contributed by atoms with E-state index in [4.69, 9.17) is 23.2 Å². The van der Waals surface area contributed by atoms with Gasteiger partial charge in [-0.1, -0.05) is 23.2 Å². The Morgan fingerprint density at radius 3 is 2.46 bits per heavy atom. The van der Waals surface area contributed by atoms with E-state index in [0.717, 1.165) is 55.7 Å². The van der Waals surface area contributed by atoms with Crippen LogP contribution in [0.4, 0.5) is 5.69 Å². The molecule has 0 bridgehead atoms. The third-order valence-electron chi connectivity index (χ3n) is 7.78. The minimum atomic E-state index is -0.218. The van der Waals surface area contributed by atoms with Crippen molar-refractivity contribution in [3.8, 4) is 0 Å². The van der Waals surface area contributed by atoms with Crippen molar-refractivity contribution in [2.24, 2.45) is 0 Å². The Hall–Kier alpha value is -2.02. The first-order chi connectivity index (χ1) is 16.7. The van der Waals surface area contributed by atoms with Gasteiger partial charge in [-0.15, -0.1) is 0 Å². The number of hydrogen-bond acceptors (Lipinski definition) is 4. The van der Waals surface area contributed by atoms with Gasteiger partial charge in [-0.3, -0.25) is 9.59 Å². The highest BCUT2D eigenvalue weighted by Crippen LogP contribution is 2.34. The van der Waals surface area contributed by atoms with Crippen LogP contribution in [-0.4, -0.2) is 48.1 Å². The molecule has 190 valence electrons. The normalized spacial score (nSPS) is 19.6. The molecule has 2 aliphatic rings. The fraction of sp³-hybridized carbons (Fsp3) is 0.556. The molecule has 0 spiro atoms. The van der Waals surface area contributed by atoms with Crippen molar-refractivity contribution in [3.05, 3.63) is 61.0 Å². The summed E-state index contributed by atoms with van der Waals surface area (Å²) in [5.41, 5.74) is 3.91. The van der Waals surface area contributed by atoms with Gasteiger partial charge in [0, 0.05) is 65.3 Å². The van der Waals surface area contributed by atoms with E-state index < -0.39 is 0 Å². The molecule has 6 nitrogen and oxygen atoms in total. The van der Waals surface area contributed by atoms with Crippen LogP contribution in [0, 0.1) is 6.92 Å². The fourth-order valence-corrected chi connectivity index (χ4v) is 6.30. The monoisotopic (exact) mass is 518 g/mol. The molecule has 1 saturated carbocycles. The lowest BCUT2D eigenvalue weighted by molar-refractivity contribution is 0.0950. The molecule has 1 amide bonds. The van der Waals surface area contributed by atoms with Gasteiger partial charge in [0.1, 0.15) is 5.15 Å². The van der Waals surface area contributed by atoms with Gasteiger partial charge in [-0.25, -0.2) is 0 Å². The van der Waals surface area contributed by atoms with Gasteiger partial charge in [0.25, 0.3) is 5.91 Å². The third kappa shape index (κ3) is 5.40. The van der Waals surface area contributed by atoms with Crippen molar-refractivity contribution >= 4 is 34.8 Å². The van der Waals surface area contributed by atoms with Crippen LogP contribution in [0.5, 0.6) is 0 Å². The summed E-state index contributed by atoms with van der Waals surface area (Å²) in [4.78, 5) is 30.6. The molecule has 1 aromatic carbocycles. The first-order valence-electron chi connectivity index (χ1n) is 12.6. The number of anilines is 1. The number of halogens is 2. The van der Waals surface area contributed by atoms with Crippen LogP contribution in [0.15, 0.2) is 23.0 Å². The minimum absolute atomic E-state index is 0.127. The van der Waals surface area contributed by atoms with E-state index in [-0.39, 0.29) is 17.9 Å². The molecule has 2 heterocycles. The zero-order valence-corrected chi connectivity index (χ0v) is 22.7. The lowest BCUT2D eigenvalue weighted by atomic mass is 9.89. The molecule has 1 aliphatic carbocycles. The van der Waals surface area contributed by atoms with Crippen molar-refractivity contribution < 1.29 is 4.79 Å². The summed E-state index contributed by atoms with van der Waals surface area (Å²) in [6.07, 6.45) is 6.32. The van der Waals surface area contributed by atoms with Crippen molar-refractivity contribution in [1.29, 1.82) is 0 Å². The van der Waals surface area contributed by atoms with E-state index in [1.807, 2.05) is 17.6 Å². The molecule has 1 fully saturated rings. The second-order valence-corrected chi connectivity index (χ2v) is 10.8. The number of nitrogens with one attached hydrogen (secondary N) is 1. The highest BCUT2D eigenvalue weighted by Gasteiger charge is 2.28. The smallest absolute Gasteiger partial charge is 0.251 e. The summed E-state index contributed by atoms with van der Waals surface area (Å²) in [6.45, 7) is 5.98. The molecule has 8 heteroatoms. The topological polar surface area (TPSA) is 57.6 Å². The molecule has 1 N–H and O–H groups in total. The number of carbonyl (C=O) groups is 1. The second-order valence-electron chi connectivity index (χ2n) is 10.0. The Labute approximate surface area is 218 Å². The minimum Gasteiger partial charge on any atom is -0.369 e. The highest BCUT2D eigenvalue weighted by molar-refractivity contribution is 6.31. The number of amides is 1. The summed E-state index contributed by atoms with van der Waals surface area (Å²) in [6, 6.07) is 6.22. The number of benzene rings is 1. The maximum Gasteiger partial charge on any atom is 0.251 e. The van der Waals surface area contributed by atoms with Gasteiger partial charge in [-0.05, 0) is 84.2 Å². The number of nitrogens with zero attached hydrogens (tertiary/aromatic N) is 3. The van der Waals surface area contributed by atoms with Gasteiger partial charge >= 0.3 is 0 Å². The van der Waals surface area contributed by atoms with Crippen molar-refractivity contribution in [2.75, 3.05) is 25.5 Å². The highest BCUT2D eigenvalue weighted by atomic mass is 35.5. The number of carbonyl (C=O) groups excluding carboxylic acids is 1. The summed E-state index contributed by atoms with van der Waals surface area (Å²) < 4.78 is 1.97. The average Bonchev–Trinajstić information content (AvgIpc) is 3.32. The Morgan fingerprint density at radius 2 is 1.80 bits per heavy atom. The van der Waals surface area contributed by atoms with E-state index in [1.165, 1.54) is 18.9 Å². The Morgan fingerprint density at radius 1 is 1.11 bits per heavy atom. The van der Waals surface area contributed by atoms with E-state index in [0.29, 0.717) is 33.4 Å². The van der Waals surface area contributed by atoms with Crippen LogP contribution in [0.2, 0.25) is 10.2 Å². The number of rotatable bonds is 7. The summed E-state index contributed by atoms with van der Waals surface area (Å²) in [5.74, 6) is -0.218. The SMILES string of the molecule is CCN(c1cc(Cl)cc(C(=O)NCc2c3n(c(Cl)cc2=O)CCC3)c1C)C1CCC(N(C)C)CC1. The quantitative estimate of drug-likeness (QED) is 0.521. The Balaban J connectivity index is 1.55. The molecule has 4 rings (SSSR count). The Kier molecular flexibility index (Phi) is 8.14. The predicted octanol–water partition coefficient (Wildman–Crippen LogP) is 5.04. The lowest BCUT2D eigenvalue weighted by Gasteiger charge is -2.40. The van der Waals surface area contributed by atoms with Gasteiger partial charge < -0.3 is 19.7 Å². The molecule has 1 aromatic heterocycles. The summed E-state index contributed by atoms with van der Waals surface area (Å²) in [7, 11) is 4.31. The largest absolute Gasteiger partial charge is 0.369 e. The van der Waals surface area contributed by atoms with Gasteiger partial charge in [0.15, 0.2) is 5.43 Å². The molecule has 2 aromatic rings. The summed E-state index contributed by atoms with van der Waals surface area (Å²) >= 11 is 12.8. The van der Waals surface area contributed by atoms with Crippen LogP contribution < -0.4 is 15.6 Å². The average molecular weight is 520 g/mol. The van der Waals surface area contributed by atoms with Crippen molar-refractivity contribution in [3.63, 3.8) is 0 Å². The van der Waals surface area contributed by atoms with Crippen LogP contribution in [0.25, 0.3) is 0 Å². The predicted molar refractivity (Wildman–Crippen MR) is 144 cm³/mol. The standard InChI is InChI=1S/C27H36Cl2N4O2/c1-5-32(20-10-8-19(9-11-20)31(3)4)24-14-18(28)13-21(17(24)2)27(35)30-16-22-23-7-6-12-33(23)26(29)15-25(22)34/h13-15,19-20H,5-12,16H2,1-4H3,(H,30,35). The number of aromatic nitrogens is 1. The molecule has 1 aliphatic heterocycles. The van der Waals surface area contributed by atoms with Crippen LogP contribution in [-0.2, 0) is 19.5 Å². The van der Waals surface area contributed by atoms with Gasteiger partial charge in [0.2, 0.25) is 0 Å². The van der Waals surface area contributed by atoms with E-state index >= 15 is 0 Å². The zero-order chi connectivity index (χ0) is 25.3. The molecule has 0 unspecified atom stereocenters. The fourth-order valence-electron chi connectivity index (χ4n) is 5.80. The van der Waals surface area contributed by atoms with Gasteiger partial charge in [-0.2, -0.15) is 0 Å². The number of fused-ring (bicyclic) bond motifs is 1. The van der Waals surface area contributed by atoms with E-state index in [1.54, 1.807) is 6.07 Å². The first-order valence-corrected chi connectivity index (χ1v) is 13.4. The maximum absolute atomic E-state index is 13.3. The molecule has 0 atom stereocenters. The molecule has 0 saturated heterocycles. The maximum atomic E-state index is 13.3. The van der Waals surface area contributed by atoms with Gasteiger partial charge in [0.05, 0.1) is 0 Å². The Bertz CT molecular complexity index is 1150. The van der Waals surface area contributed by atoms with Crippen molar-refractivity contribution in [1.82, 2.24) is 14.8 Å². The molecular weight excluding hydrogens is 483 g/mol. The first kappa shape index (κ1) is 26.1. The van der Waals surface area contributed by atoms with Crippen LogP contribution >= 0.6 is 23.2 Å². The molecule has 0 radical (unpaired) electrons. The second kappa shape index (κ2) is 10.9. The number of hydrogen-bond donors (Lipinski definition) is 1.